The third-order valence-corrected chi connectivity index (χ3v) is 9.92. The zero-order valence-corrected chi connectivity index (χ0v) is 31.5. The molecule has 0 unspecified atom stereocenters. The quantitative estimate of drug-likeness (QED) is 0.116. The molecule has 0 saturated heterocycles. The van der Waals surface area contributed by atoms with Gasteiger partial charge in [0.1, 0.15) is 0 Å². The highest BCUT2D eigenvalue weighted by atomic mass is 19.2. The van der Waals surface area contributed by atoms with Gasteiger partial charge in [0.25, 0.3) is 0 Å². The van der Waals surface area contributed by atoms with E-state index in [0.29, 0.717) is 11.4 Å². The van der Waals surface area contributed by atoms with Crippen molar-refractivity contribution in [1.29, 1.82) is 0 Å². The Labute approximate surface area is 333 Å². The van der Waals surface area contributed by atoms with Crippen LogP contribution >= 0.6 is 0 Å². The first kappa shape index (κ1) is 36.7. The number of rotatable bonds is 12. The zero-order chi connectivity index (χ0) is 39.0. The second-order valence-electron chi connectivity index (χ2n) is 13.6. The van der Waals surface area contributed by atoms with Crippen LogP contribution in [0.1, 0.15) is 22.5 Å². The summed E-state index contributed by atoms with van der Waals surface area (Å²) in [7, 11) is -0.760. The van der Waals surface area contributed by atoms with Gasteiger partial charge in [-0.3, -0.25) is 0 Å². The van der Waals surface area contributed by atoms with Gasteiger partial charge in [0.15, 0.2) is 11.4 Å². The van der Waals surface area contributed by atoms with Gasteiger partial charge in [-0.05, 0) is 108 Å². The highest BCUT2D eigenvalue weighted by molar-refractivity contribution is 6.35. The van der Waals surface area contributed by atoms with Crippen molar-refractivity contribution < 1.29 is 13.1 Å². The van der Waals surface area contributed by atoms with Crippen molar-refractivity contribution in [3.8, 4) is 0 Å². The number of hydrogen-bond acceptors (Lipinski definition) is 2. The summed E-state index contributed by atoms with van der Waals surface area (Å²) in [5.74, 6) is 0. The van der Waals surface area contributed by atoms with Crippen LogP contribution in [0.5, 0.6) is 0 Å². The molecule has 1 aliphatic heterocycles. The number of allylic oxidation sites excluding steroid dienone is 3. The Morgan fingerprint density at radius 2 is 0.825 bits per heavy atom. The van der Waals surface area contributed by atoms with Crippen LogP contribution in [0.4, 0.5) is 42.8 Å². The lowest BCUT2D eigenvalue weighted by molar-refractivity contribution is -0.339. The standard InChI is InChI=1S/C50H40BF2N4/c1-54-41(28-22-39-23-29-46(30-24-39)55(42-14-6-2-7-15-42)43-16-8-3-9-17-43)34-36-49(54)38-50-37-35-48(57(50)51(52)53)33-27-40-25-31-47(32-26-40)56(44-18-10-4-11-19-44)45-20-12-5-13-21-45/h2-38H,1H3/q+1. The maximum Gasteiger partial charge on any atom is 0.935 e. The molecule has 4 nitrogen and oxygen atoms in total. The summed E-state index contributed by atoms with van der Waals surface area (Å²) in [4.78, 5) is 4.42. The smallest absolute Gasteiger partial charge is 0.344 e. The number of nitrogens with zero attached hydrogens (tertiary/aromatic N) is 4. The molecule has 0 aliphatic carbocycles. The second kappa shape index (κ2) is 17.0. The molecule has 6 aromatic carbocycles. The predicted octanol–water partition coefficient (Wildman–Crippen LogP) is 13.1. The average molecular weight is 746 g/mol. The van der Waals surface area contributed by atoms with Gasteiger partial charge in [-0.2, -0.15) is 0 Å². The molecule has 7 aromatic rings. The van der Waals surface area contributed by atoms with Crippen molar-refractivity contribution >= 4 is 71.5 Å². The van der Waals surface area contributed by atoms with E-state index in [-0.39, 0.29) is 0 Å². The summed E-state index contributed by atoms with van der Waals surface area (Å²) in [5, 5.41) is 0. The number of halogens is 2. The van der Waals surface area contributed by atoms with Crippen molar-refractivity contribution in [2.24, 2.45) is 7.05 Å². The van der Waals surface area contributed by atoms with Crippen molar-refractivity contribution in [3.05, 3.63) is 228 Å². The summed E-state index contributed by atoms with van der Waals surface area (Å²) >= 11 is 0. The van der Waals surface area contributed by atoms with Gasteiger partial charge in [-0.1, -0.05) is 103 Å². The first-order chi connectivity index (χ1) is 28.0. The number of hydrogen-bond donors (Lipinski definition) is 0. The highest BCUT2D eigenvalue weighted by Gasteiger charge is 2.41. The van der Waals surface area contributed by atoms with Gasteiger partial charge in [0.2, 0.25) is 0 Å². The summed E-state index contributed by atoms with van der Waals surface area (Å²) in [6.07, 6.45) is 13.0. The molecule has 7 heteroatoms. The van der Waals surface area contributed by atoms with E-state index in [9.17, 15) is 8.63 Å². The Kier molecular flexibility index (Phi) is 11.0. The summed E-state index contributed by atoms with van der Waals surface area (Å²) in [6, 6.07) is 61.5. The van der Waals surface area contributed by atoms with Gasteiger partial charge in [-0.25, -0.2) is 13.1 Å². The topological polar surface area (TPSA) is 14.4 Å². The fourth-order valence-electron chi connectivity index (χ4n) is 7.00. The van der Waals surface area contributed by atoms with Crippen LogP contribution in [0, 0.1) is 0 Å². The van der Waals surface area contributed by atoms with Gasteiger partial charge >= 0.3 is 7.40 Å². The SMILES string of the molecule is Cn1c(/C=C2/C=CC(/C=C/c3ccc(N(c4ccccc4)c4ccccc4)cc3)=[N+]2B(F)F)ccc1/C=C/c1ccc(N(c2ccccc2)c2ccccc2)cc1. The van der Waals surface area contributed by atoms with Crippen LogP contribution in [0.3, 0.4) is 0 Å². The lowest BCUT2D eigenvalue weighted by Crippen LogP contribution is -2.23. The Bertz CT molecular complexity index is 2500. The third-order valence-electron chi connectivity index (χ3n) is 9.92. The molecule has 2 heterocycles. The fourth-order valence-corrected chi connectivity index (χ4v) is 7.00. The molecular weight excluding hydrogens is 705 g/mol. The van der Waals surface area contributed by atoms with E-state index in [1.54, 1.807) is 24.3 Å². The van der Waals surface area contributed by atoms with Gasteiger partial charge in [0, 0.05) is 76.9 Å². The van der Waals surface area contributed by atoms with E-state index < -0.39 is 7.40 Å². The lowest BCUT2D eigenvalue weighted by atomic mass is 10.1. The summed E-state index contributed by atoms with van der Waals surface area (Å²) < 4.78 is 32.2. The molecule has 276 valence electrons. The second-order valence-corrected chi connectivity index (χ2v) is 13.6. The van der Waals surface area contributed by atoms with Crippen LogP contribution < -0.4 is 9.80 Å². The van der Waals surface area contributed by atoms with Crippen molar-refractivity contribution in [2.75, 3.05) is 9.80 Å². The normalized spacial score (nSPS) is 13.3. The molecule has 0 radical (unpaired) electrons. The predicted molar refractivity (Wildman–Crippen MR) is 236 cm³/mol. The van der Waals surface area contributed by atoms with Crippen molar-refractivity contribution in [3.63, 3.8) is 0 Å². The van der Waals surface area contributed by atoms with Crippen LogP contribution in [0.25, 0.3) is 24.3 Å². The van der Waals surface area contributed by atoms with E-state index in [2.05, 4.69) is 88.7 Å². The van der Waals surface area contributed by atoms with Crippen LogP contribution in [-0.4, -0.2) is 22.2 Å². The molecular formula is C50H40BF2N4+. The minimum absolute atomic E-state index is 0.423. The molecule has 0 bridgehead atoms. The first-order valence-electron chi connectivity index (χ1n) is 18.9. The van der Waals surface area contributed by atoms with Gasteiger partial charge in [-0.15, -0.1) is 0 Å². The maximum absolute atomic E-state index is 14.6. The molecule has 0 saturated carbocycles. The Hall–Kier alpha value is -7.25. The molecule has 57 heavy (non-hydrogen) atoms. The molecule has 0 fully saturated rings. The van der Waals surface area contributed by atoms with Crippen molar-refractivity contribution in [2.45, 2.75) is 0 Å². The van der Waals surface area contributed by atoms with Crippen LogP contribution in [0.15, 0.2) is 206 Å². The molecule has 0 amide bonds. The maximum atomic E-state index is 14.6. The Morgan fingerprint density at radius 1 is 0.439 bits per heavy atom. The Balaban J connectivity index is 0.981. The van der Waals surface area contributed by atoms with Gasteiger partial charge < -0.3 is 14.4 Å². The molecule has 1 aliphatic rings. The number of anilines is 6. The zero-order valence-electron chi connectivity index (χ0n) is 31.5. The fraction of sp³-hybridized carbons (Fsp3) is 0.0200. The minimum atomic E-state index is -2.71. The highest BCUT2D eigenvalue weighted by Crippen LogP contribution is 2.36. The minimum Gasteiger partial charge on any atom is -0.344 e. The summed E-state index contributed by atoms with van der Waals surface area (Å²) in [6.45, 7) is 0. The van der Waals surface area contributed by atoms with E-state index in [1.807, 2.05) is 133 Å². The van der Waals surface area contributed by atoms with Crippen LogP contribution in [-0.2, 0) is 7.05 Å². The molecule has 8 rings (SSSR count). The van der Waals surface area contributed by atoms with Gasteiger partial charge in [0.05, 0.1) is 0 Å². The lowest BCUT2D eigenvalue weighted by Gasteiger charge is -2.25. The monoisotopic (exact) mass is 745 g/mol. The number of aromatic nitrogens is 1. The molecule has 0 atom stereocenters. The number of para-hydroxylation sites is 4. The van der Waals surface area contributed by atoms with Crippen LogP contribution in [0.2, 0.25) is 0 Å². The average Bonchev–Trinajstić information content (AvgIpc) is 3.84. The molecule has 1 aromatic heterocycles. The van der Waals surface area contributed by atoms with E-state index >= 15 is 0 Å². The van der Waals surface area contributed by atoms with Crippen molar-refractivity contribution in [1.82, 2.24) is 4.57 Å². The molecule has 0 N–H and O–H groups in total. The number of benzene rings is 6. The largest absolute Gasteiger partial charge is 0.935 e. The Morgan fingerprint density at radius 3 is 1.25 bits per heavy atom. The first-order valence-corrected chi connectivity index (χ1v) is 18.9. The summed E-state index contributed by atoms with van der Waals surface area (Å²) in [5.41, 5.74) is 10.9. The molecule has 0 spiro atoms. The van der Waals surface area contributed by atoms with E-state index in [0.717, 1.165) is 61.1 Å². The van der Waals surface area contributed by atoms with E-state index in [4.69, 9.17) is 0 Å². The third kappa shape index (κ3) is 8.38. The van der Waals surface area contributed by atoms with E-state index in [1.165, 1.54) is 0 Å².